The quantitative estimate of drug-likeness (QED) is 0.648. The minimum atomic E-state index is -0.638. The van der Waals surface area contributed by atoms with Gasteiger partial charge < -0.3 is 9.47 Å². The number of rotatable bonds is 2. The van der Waals surface area contributed by atoms with Crippen LogP contribution in [0.3, 0.4) is 0 Å². The van der Waals surface area contributed by atoms with Crippen LogP contribution >= 0.6 is 0 Å². The first-order valence-electron chi connectivity index (χ1n) is 5.71. The van der Waals surface area contributed by atoms with Gasteiger partial charge in [0.05, 0.1) is 12.7 Å². The Balaban J connectivity index is 2.88. The summed E-state index contributed by atoms with van der Waals surface area (Å²) >= 11 is 0. The van der Waals surface area contributed by atoms with Crippen LogP contribution in [0.1, 0.15) is 31.1 Å². The summed E-state index contributed by atoms with van der Waals surface area (Å²) < 4.78 is 9.69. The Kier molecular flexibility index (Phi) is 4.59. The van der Waals surface area contributed by atoms with Gasteiger partial charge in [0.15, 0.2) is 0 Å². The molecule has 5 nitrogen and oxygen atoms in total. The number of benzene rings is 1. The fourth-order valence-corrected chi connectivity index (χ4v) is 1.32. The molecule has 0 heterocycles. The fourth-order valence-electron chi connectivity index (χ4n) is 1.32. The molecular weight excluding hydrogens is 245 g/mol. The van der Waals surface area contributed by atoms with Crippen LogP contribution in [-0.2, 0) is 9.47 Å². The first-order chi connectivity index (χ1) is 8.73. The van der Waals surface area contributed by atoms with Crippen molar-refractivity contribution in [3.63, 3.8) is 0 Å². The summed E-state index contributed by atoms with van der Waals surface area (Å²) in [6, 6.07) is 4.46. The average Bonchev–Trinajstić information content (AvgIpc) is 2.28. The number of methoxy groups -OCH3 is 1. The second kappa shape index (κ2) is 5.78. The van der Waals surface area contributed by atoms with Crippen molar-refractivity contribution < 1.29 is 19.1 Å². The van der Waals surface area contributed by atoms with Crippen LogP contribution in [0.25, 0.3) is 0 Å². The zero-order valence-electron chi connectivity index (χ0n) is 11.4. The van der Waals surface area contributed by atoms with Gasteiger partial charge in [-0.05, 0) is 32.9 Å². The van der Waals surface area contributed by atoms with Gasteiger partial charge in [0.1, 0.15) is 13.4 Å². The molecule has 0 aliphatic heterocycles. The number of nitrogens with one attached hydrogen (secondary N) is 1. The maximum absolute atomic E-state index is 11.6. The fraction of sp³-hybridized carbons (Fsp3) is 0.385. The smallest absolute Gasteiger partial charge is 0.412 e. The van der Waals surface area contributed by atoms with E-state index in [1.165, 1.54) is 25.3 Å². The summed E-state index contributed by atoms with van der Waals surface area (Å²) in [5.74, 6) is -0.507. The number of anilines is 1. The van der Waals surface area contributed by atoms with Gasteiger partial charge in [-0.2, -0.15) is 0 Å². The van der Waals surface area contributed by atoms with Crippen molar-refractivity contribution in [1.29, 1.82) is 0 Å². The number of hydrogen-bond donors (Lipinski definition) is 1. The topological polar surface area (TPSA) is 64.6 Å². The molecule has 100 valence electrons. The molecule has 6 heteroatoms. The van der Waals surface area contributed by atoms with E-state index < -0.39 is 17.7 Å². The standard InChI is InChI=1S/C13H16BNO4/c1-13(2,3)19-12(17)15-10-7-8(11(16)18-4)5-6-9(10)14/h5-7H,1-4H3,(H,15,17). The molecule has 1 aromatic rings. The van der Waals surface area contributed by atoms with Crippen molar-refractivity contribution in [3.05, 3.63) is 23.8 Å². The molecule has 0 bridgehead atoms. The van der Waals surface area contributed by atoms with Crippen molar-refractivity contribution in [2.24, 2.45) is 0 Å². The minimum absolute atomic E-state index is 0.294. The van der Waals surface area contributed by atoms with Crippen molar-refractivity contribution in [3.8, 4) is 0 Å². The second-order valence-corrected chi connectivity index (χ2v) is 4.92. The van der Waals surface area contributed by atoms with Gasteiger partial charge >= 0.3 is 12.1 Å². The summed E-state index contributed by atoms with van der Waals surface area (Å²) in [7, 11) is 7.00. The molecule has 0 aromatic heterocycles. The van der Waals surface area contributed by atoms with E-state index in [0.717, 1.165) is 0 Å². The third-order valence-electron chi connectivity index (χ3n) is 2.11. The highest BCUT2D eigenvalue weighted by molar-refractivity contribution is 6.36. The molecule has 0 aliphatic rings. The molecule has 0 unspecified atom stereocenters. The maximum Gasteiger partial charge on any atom is 0.412 e. The van der Waals surface area contributed by atoms with E-state index in [4.69, 9.17) is 12.6 Å². The van der Waals surface area contributed by atoms with E-state index >= 15 is 0 Å². The molecule has 1 aromatic carbocycles. The highest BCUT2D eigenvalue weighted by Crippen LogP contribution is 2.12. The Labute approximate surface area is 113 Å². The van der Waals surface area contributed by atoms with Gasteiger partial charge in [0.25, 0.3) is 0 Å². The van der Waals surface area contributed by atoms with Crippen LogP contribution in [0.15, 0.2) is 18.2 Å². The SMILES string of the molecule is [B]c1ccc(C(=O)OC)cc1NC(=O)OC(C)(C)C. The zero-order chi connectivity index (χ0) is 14.6. The van der Waals surface area contributed by atoms with Gasteiger partial charge in [-0.15, -0.1) is 0 Å². The molecule has 1 amide bonds. The number of hydrogen-bond acceptors (Lipinski definition) is 4. The van der Waals surface area contributed by atoms with Gasteiger partial charge in [-0.25, -0.2) is 9.59 Å². The van der Waals surface area contributed by atoms with Gasteiger partial charge in [0.2, 0.25) is 0 Å². The second-order valence-electron chi connectivity index (χ2n) is 4.92. The van der Waals surface area contributed by atoms with Gasteiger partial charge in [-0.3, -0.25) is 5.32 Å². The largest absolute Gasteiger partial charge is 0.465 e. The Morgan fingerprint density at radius 3 is 2.42 bits per heavy atom. The highest BCUT2D eigenvalue weighted by Gasteiger charge is 2.17. The molecule has 0 saturated heterocycles. The molecule has 1 N–H and O–H groups in total. The summed E-state index contributed by atoms with van der Waals surface area (Å²) in [6.07, 6.45) is -0.638. The number of esters is 1. The first-order valence-corrected chi connectivity index (χ1v) is 5.71. The lowest BCUT2D eigenvalue weighted by Crippen LogP contribution is -2.29. The molecule has 2 radical (unpaired) electrons. The summed E-state index contributed by atoms with van der Waals surface area (Å²) in [6.45, 7) is 5.25. The van der Waals surface area contributed by atoms with E-state index in [-0.39, 0.29) is 0 Å². The lowest BCUT2D eigenvalue weighted by atomic mass is 9.92. The van der Waals surface area contributed by atoms with Gasteiger partial charge in [0, 0.05) is 5.69 Å². The number of amides is 1. The monoisotopic (exact) mass is 261 g/mol. The van der Waals surface area contributed by atoms with E-state index in [9.17, 15) is 9.59 Å². The first kappa shape index (κ1) is 15.1. The summed E-state index contributed by atoms with van der Waals surface area (Å²) in [5, 5.41) is 2.49. The predicted octanol–water partition coefficient (Wildman–Crippen LogP) is 1.61. The average molecular weight is 261 g/mol. The van der Waals surface area contributed by atoms with E-state index in [0.29, 0.717) is 16.7 Å². The number of carbonyl (C=O) groups is 2. The number of carbonyl (C=O) groups excluding carboxylic acids is 2. The normalized spacial score (nSPS) is 10.7. The predicted molar refractivity (Wildman–Crippen MR) is 73.0 cm³/mol. The lowest BCUT2D eigenvalue weighted by molar-refractivity contribution is 0.0596. The van der Waals surface area contributed by atoms with Crippen molar-refractivity contribution in [2.45, 2.75) is 26.4 Å². The molecule has 0 aliphatic carbocycles. The third-order valence-corrected chi connectivity index (χ3v) is 2.11. The van der Waals surface area contributed by atoms with Crippen molar-refractivity contribution >= 4 is 31.1 Å². The zero-order valence-corrected chi connectivity index (χ0v) is 11.4. The lowest BCUT2D eigenvalue weighted by Gasteiger charge is -2.20. The van der Waals surface area contributed by atoms with Crippen molar-refractivity contribution in [2.75, 3.05) is 12.4 Å². The third kappa shape index (κ3) is 4.65. The van der Waals surface area contributed by atoms with Crippen molar-refractivity contribution in [1.82, 2.24) is 0 Å². The molecule has 0 saturated carbocycles. The molecule has 0 spiro atoms. The Morgan fingerprint density at radius 2 is 1.89 bits per heavy atom. The van der Waals surface area contributed by atoms with Crippen LogP contribution in [0.2, 0.25) is 0 Å². The highest BCUT2D eigenvalue weighted by atomic mass is 16.6. The maximum atomic E-state index is 11.6. The van der Waals surface area contributed by atoms with Gasteiger partial charge in [-0.1, -0.05) is 11.5 Å². The van der Waals surface area contributed by atoms with E-state index in [1.54, 1.807) is 20.8 Å². The number of ether oxygens (including phenoxy) is 2. The van der Waals surface area contributed by atoms with Crippen LogP contribution in [0.5, 0.6) is 0 Å². The Bertz CT molecular complexity index is 494. The molecular formula is C13H16BNO4. The molecule has 19 heavy (non-hydrogen) atoms. The molecule has 0 atom stereocenters. The molecule has 0 fully saturated rings. The van der Waals surface area contributed by atoms with Crippen LogP contribution in [-0.4, -0.2) is 32.6 Å². The summed E-state index contributed by atoms with van der Waals surface area (Å²) in [5.41, 5.74) is 0.317. The summed E-state index contributed by atoms with van der Waals surface area (Å²) in [4.78, 5) is 23.0. The van der Waals surface area contributed by atoms with Crippen LogP contribution in [0, 0.1) is 0 Å². The Morgan fingerprint density at radius 1 is 1.26 bits per heavy atom. The molecule has 1 rings (SSSR count). The van der Waals surface area contributed by atoms with E-state index in [1.807, 2.05) is 0 Å². The Hall–Kier alpha value is -1.98. The van der Waals surface area contributed by atoms with Crippen LogP contribution < -0.4 is 10.8 Å². The minimum Gasteiger partial charge on any atom is -0.465 e. The van der Waals surface area contributed by atoms with E-state index in [2.05, 4.69) is 10.1 Å². The van der Waals surface area contributed by atoms with Crippen LogP contribution in [0.4, 0.5) is 10.5 Å².